The smallest absolute Gasteiger partial charge is 0.239 e. The molecule has 2 saturated heterocycles. The molecule has 0 aromatic heterocycles. The van der Waals surface area contributed by atoms with Crippen molar-refractivity contribution >= 4 is 17.5 Å². The quantitative estimate of drug-likeness (QED) is 0.811. The van der Waals surface area contributed by atoms with Gasteiger partial charge in [0.1, 0.15) is 12.4 Å². The Labute approximate surface area is 147 Å². The molecule has 2 fully saturated rings. The zero-order chi connectivity index (χ0) is 16.9. The zero-order valence-corrected chi connectivity index (χ0v) is 14.4. The fourth-order valence-corrected chi connectivity index (χ4v) is 3.27. The highest BCUT2D eigenvalue weighted by molar-refractivity contribution is 6.30. The summed E-state index contributed by atoms with van der Waals surface area (Å²) in [6.45, 7) is 5.13. The van der Waals surface area contributed by atoms with Crippen LogP contribution in [0.2, 0.25) is 5.02 Å². The molecule has 2 aliphatic heterocycles. The van der Waals surface area contributed by atoms with Gasteiger partial charge in [-0.05, 0) is 30.7 Å². The van der Waals surface area contributed by atoms with Crippen LogP contribution < -0.4 is 10.1 Å². The van der Waals surface area contributed by atoms with Gasteiger partial charge in [-0.1, -0.05) is 11.6 Å². The zero-order valence-electron chi connectivity index (χ0n) is 13.7. The minimum absolute atomic E-state index is 0.114. The molecule has 2 aliphatic rings. The maximum Gasteiger partial charge on any atom is 0.239 e. The molecule has 24 heavy (non-hydrogen) atoms. The number of amides is 1. The Bertz CT molecular complexity index is 547. The molecule has 1 amide bonds. The standard InChI is InChI=1S/C17H24ClN3O3/c18-13-1-3-15(4-2-13)24-10-9-20-5-7-21(8-6-20)17(23)16-11-14(22)12-19-16/h1-4,14,16,19,22H,5-12H2/t14-,16-/m1/s1. The van der Waals surface area contributed by atoms with Crippen LogP contribution in [0.25, 0.3) is 0 Å². The molecule has 6 nitrogen and oxygen atoms in total. The third-order valence-electron chi connectivity index (χ3n) is 4.58. The lowest BCUT2D eigenvalue weighted by Gasteiger charge is -2.35. The molecule has 0 spiro atoms. The van der Waals surface area contributed by atoms with E-state index < -0.39 is 6.10 Å². The lowest BCUT2D eigenvalue weighted by molar-refractivity contribution is -0.135. The Morgan fingerprint density at radius 2 is 1.96 bits per heavy atom. The molecule has 2 heterocycles. The molecule has 7 heteroatoms. The van der Waals surface area contributed by atoms with Gasteiger partial charge in [-0.2, -0.15) is 0 Å². The molecule has 0 unspecified atom stereocenters. The summed E-state index contributed by atoms with van der Waals surface area (Å²) < 4.78 is 5.71. The van der Waals surface area contributed by atoms with E-state index in [4.69, 9.17) is 16.3 Å². The Hall–Kier alpha value is -1.34. The second-order valence-corrected chi connectivity index (χ2v) is 6.76. The maximum atomic E-state index is 12.4. The average molecular weight is 354 g/mol. The lowest BCUT2D eigenvalue weighted by atomic mass is 10.1. The number of benzene rings is 1. The van der Waals surface area contributed by atoms with Gasteiger partial charge in [-0.3, -0.25) is 9.69 Å². The monoisotopic (exact) mass is 353 g/mol. The Kier molecular flexibility index (Phi) is 5.94. The Morgan fingerprint density at radius 1 is 1.25 bits per heavy atom. The number of nitrogens with one attached hydrogen (secondary N) is 1. The summed E-state index contributed by atoms with van der Waals surface area (Å²) in [4.78, 5) is 16.6. The third-order valence-corrected chi connectivity index (χ3v) is 4.83. The van der Waals surface area contributed by atoms with E-state index in [1.807, 2.05) is 29.2 Å². The van der Waals surface area contributed by atoms with Gasteiger partial charge in [-0.15, -0.1) is 0 Å². The first kappa shape index (κ1) is 17.5. The number of hydrogen-bond acceptors (Lipinski definition) is 5. The van der Waals surface area contributed by atoms with Gasteiger partial charge in [0.05, 0.1) is 12.1 Å². The van der Waals surface area contributed by atoms with Crippen molar-refractivity contribution in [2.24, 2.45) is 0 Å². The number of aliphatic hydroxyl groups excluding tert-OH is 1. The van der Waals surface area contributed by atoms with Crippen LogP contribution >= 0.6 is 11.6 Å². The topological polar surface area (TPSA) is 65.0 Å². The van der Waals surface area contributed by atoms with Crippen molar-refractivity contribution in [1.29, 1.82) is 0 Å². The van der Waals surface area contributed by atoms with Crippen LogP contribution in [-0.2, 0) is 4.79 Å². The van der Waals surface area contributed by atoms with E-state index in [1.54, 1.807) is 0 Å². The number of aliphatic hydroxyl groups is 1. The van der Waals surface area contributed by atoms with Gasteiger partial charge < -0.3 is 20.1 Å². The predicted molar refractivity (Wildman–Crippen MR) is 92.4 cm³/mol. The van der Waals surface area contributed by atoms with Crippen LogP contribution in [0.5, 0.6) is 5.75 Å². The maximum absolute atomic E-state index is 12.4. The first-order chi connectivity index (χ1) is 11.6. The second-order valence-electron chi connectivity index (χ2n) is 6.32. The largest absolute Gasteiger partial charge is 0.492 e. The fraction of sp³-hybridized carbons (Fsp3) is 0.588. The van der Waals surface area contributed by atoms with Crippen molar-refractivity contribution in [2.45, 2.75) is 18.6 Å². The van der Waals surface area contributed by atoms with Crippen LogP contribution in [0.3, 0.4) is 0 Å². The average Bonchev–Trinajstić information content (AvgIpc) is 3.03. The van der Waals surface area contributed by atoms with E-state index in [2.05, 4.69) is 10.2 Å². The number of hydrogen-bond donors (Lipinski definition) is 2. The molecule has 1 aromatic carbocycles. The fourth-order valence-electron chi connectivity index (χ4n) is 3.14. The van der Waals surface area contributed by atoms with Gasteiger partial charge in [0, 0.05) is 44.3 Å². The first-order valence-electron chi connectivity index (χ1n) is 8.43. The molecule has 2 N–H and O–H groups in total. The highest BCUT2D eigenvalue weighted by Crippen LogP contribution is 2.16. The molecule has 132 valence electrons. The number of carbonyl (C=O) groups excluding carboxylic acids is 1. The van der Waals surface area contributed by atoms with E-state index in [-0.39, 0.29) is 11.9 Å². The van der Waals surface area contributed by atoms with E-state index in [9.17, 15) is 9.90 Å². The summed E-state index contributed by atoms with van der Waals surface area (Å²) in [6.07, 6.45) is 0.124. The lowest BCUT2D eigenvalue weighted by Crippen LogP contribution is -2.53. The number of carbonyl (C=O) groups is 1. The van der Waals surface area contributed by atoms with E-state index in [1.165, 1.54) is 0 Å². The van der Waals surface area contributed by atoms with E-state index >= 15 is 0 Å². The SMILES string of the molecule is O=C([C@H]1C[C@@H](O)CN1)N1CCN(CCOc2ccc(Cl)cc2)CC1. The molecule has 2 atom stereocenters. The van der Waals surface area contributed by atoms with E-state index in [0.29, 0.717) is 24.6 Å². The Balaban J connectivity index is 1.36. The normalized spacial score (nSPS) is 25.0. The van der Waals surface area contributed by atoms with Gasteiger partial charge in [0.2, 0.25) is 5.91 Å². The minimum Gasteiger partial charge on any atom is -0.492 e. The molecular formula is C17H24ClN3O3. The molecule has 0 aliphatic carbocycles. The van der Waals surface area contributed by atoms with E-state index in [0.717, 1.165) is 38.5 Å². The van der Waals surface area contributed by atoms with Crippen molar-refractivity contribution in [1.82, 2.24) is 15.1 Å². The van der Waals surface area contributed by atoms with Crippen molar-refractivity contribution < 1.29 is 14.6 Å². The van der Waals surface area contributed by atoms with Crippen molar-refractivity contribution in [3.63, 3.8) is 0 Å². The van der Waals surface area contributed by atoms with Crippen LogP contribution in [0.4, 0.5) is 0 Å². The van der Waals surface area contributed by atoms with Crippen LogP contribution in [0.1, 0.15) is 6.42 Å². The molecule has 1 aromatic rings. The summed E-state index contributed by atoms with van der Waals surface area (Å²) in [5, 5.41) is 13.3. The second kappa shape index (κ2) is 8.16. The summed E-state index contributed by atoms with van der Waals surface area (Å²) in [5.74, 6) is 0.933. The summed E-state index contributed by atoms with van der Waals surface area (Å²) in [6, 6.07) is 7.13. The first-order valence-corrected chi connectivity index (χ1v) is 8.80. The van der Waals surface area contributed by atoms with Crippen molar-refractivity contribution in [3.05, 3.63) is 29.3 Å². The number of rotatable bonds is 5. The van der Waals surface area contributed by atoms with Crippen LogP contribution in [-0.4, -0.2) is 78.8 Å². The summed E-state index contributed by atoms with van der Waals surface area (Å²) >= 11 is 5.85. The predicted octanol–water partition coefficient (Wildman–Crippen LogP) is 0.586. The molecule has 0 saturated carbocycles. The van der Waals surface area contributed by atoms with Crippen LogP contribution in [0.15, 0.2) is 24.3 Å². The summed E-state index contributed by atoms with van der Waals surface area (Å²) in [5.41, 5.74) is 0. The number of halogens is 1. The number of β-amino-alcohol motifs (C(OH)–C–C–N with tert-alkyl or cyclic N) is 1. The molecule has 0 radical (unpaired) electrons. The number of nitrogens with zero attached hydrogens (tertiary/aromatic N) is 2. The number of piperazine rings is 1. The highest BCUT2D eigenvalue weighted by Gasteiger charge is 2.32. The van der Waals surface area contributed by atoms with Gasteiger partial charge >= 0.3 is 0 Å². The minimum atomic E-state index is -0.398. The van der Waals surface area contributed by atoms with Gasteiger partial charge in [0.25, 0.3) is 0 Å². The van der Waals surface area contributed by atoms with Crippen molar-refractivity contribution in [2.75, 3.05) is 45.9 Å². The third kappa shape index (κ3) is 4.60. The van der Waals surface area contributed by atoms with Crippen LogP contribution in [0, 0.1) is 0 Å². The number of ether oxygens (including phenoxy) is 1. The molecule has 3 rings (SSSR count). The van der Waals surface area contributed by atoms with Gasteiger partial charge in [-0.25, -0.2) is 0 Å². The Morgan fingerprint density at radius 3 is 2.58 bits per heavy atom. The summed E-state index contributed by atoms with van der Waals surface area (Å²) in [7, 11) is 0. The highest BCUT2D eigenvalue weighted by atomic mass is 35.5. The van der Waals surface area contributed by atoms with Gasteiger partial charge in [0.15, 0.2) is 0 Å². The van der Waals surface area contributed by atoms with Crippen molar-refractivity contribution in [3.8, 4) is 5.75 Å². The molecular weight excluding hydrogens is 330 g/mol. The molecule has 0 bridgehead atoms.